The van der Waals surface area contributed by atoms with Gasteiger partial charge < -0.3 is 14.8 Å². The molecule has 3 aromatic rings. The Morgan fingerprint density at radius 1 is 1.00 bits per heavy atom. The van der Waals surface area contributed by atoms with Crippen LogP contribution < -0.4 is 10.1 Å². The maximum absolute atomic E-state index is 12.7. The summed E-state index contributed by atoms with van der Waals surface area (Å²) < 4.78 is 10.5. The molecule has 1 N–H and O–H groups in total. The van der Waals surface area contributed by atoms with Gasteiger partial charge in [0.15, 0.2) is 0 Å². The van der Waals surface area contributed by atoms with E-state index in [9.17, 15) is 9.59 Å². The fourth-order valence-electron chi connectivity index (χ4n) is 2.78. The van der Waals surface area contributed by atoms with Gasteiger partial charge in [0.25, 0.3) is 5.91 Å². The van der Waals surface area contributed by atoms with Gasteiger partial charge in [0.05, 0.1) is 24.8 Å². The van der Waals surface area contributed by atoms with Gasteiger partial charge in [0, 0.05) is 11.1 Å². The lowest BCUT2D eigenvalue weighted by Crippen LogP contribution is -2.14. The van der Waals surface area contributed by atoms with E-state index in [2.05, 4.69) is 5.32 Å². The molecule has 0 aliphatic rings. The van der Waals surface area contributed by atoms with Gasteiger partial charge in [-0.25, -0.2) is 4.79 Å². The third kappa shape index (κ3) is 3.52. The lowest BCUT2D eigenvalue weighted by atomic mass is 10.0. The van der Waals surface area contributed by atoms with Gasteiger partial charge in [-0.3, -0.25) is 4.79 Å². The zero-order chi connectivity index (χ0) is 18.5. The molecule has 0 saturated carbocycles. The third-order valence-electron chi connectivity index (χ3n) is 3.96. The molecule has 0 spiro atoms. The standard InChI is InChI=1S/C21H19NO4/c1-3-26-21(24)15-8-6-9-16(13-15)22-20(23)18-12-11-14-7-4-5-10-17(14)19(18)25-2/h4-13H,3H2,1-2H3,(H,22,23). The van der Waals surface area contributed by atoms with Gasteiger partial charge in [-0.05, 0) is 36.6 Å². The summed E-state index contributed by atoms with van der Waals surface area (Å²) >= 11 is 0. The number of amides is 1. The van der Waals surface area contributed by atoms with E-state index in [0.29, 0.717) is 29.2 Å². The molecule has 0 fully saturated rings. The zero-order valence-electron chi connectivity index (χ0n) is 14.6. The molecule has 0 bridgehead atoms. The number of anilines is 1. The molecule has 0 radical (unpaired) electrons. The maximum atomic E-state index is 12.7. The van der Waals surface area contributed by atoms with Gasteiger partial charge in [0.2, 0.25) is 0 Å². The highest BCUT2D eigenvalue weighted by Crippen LogP contribution is 2.30. The minimum Gasteiger partial charge on any atom is -0.495 e. The number of ether oxygens (including phenoxy) is 2. The fraction of sp³-hybridized carbons (Fsp3) is 0.143. The molecule has 0 aliphatic heterocycles. The molecular formula is C21H19NO4. The molecule has 5 heteroatoms. The molecule has 3 rings (SSSR count). The summed E-state index contributed by atoms with van der Waals surface area (Å²) in [7, 11) is 1.54. The number of esters is 1. The van der Waals surface area contributed by atoms with E-state index in [4.69, 9.17) is 9.47 Å². The Kier molecular flexibility index (Phi) is 5.17. The van der Waals surface area contributed by atoms with Gasteiger partial charge in [-0.1, -0.05) is 36.4 Å². The second kappa shape index (κ2) is 7.70. The van der Waals surface area contributed by atoms with E-state index in [1.807, 2.05) is 30.3 Å². The van der Waals surface area contributed by atoms with Crippen molar-refractivity contribution in [1.29, 1.82) is 0 Å². The van der Waals surface area contributed by atoms with Crippen LogP contribution in [0.25, 0.3) is 10.8 Å². The first-order valence-electron chi connectivity index (χ1n) is 8.28. The van der Waals surface area contributed by atoms with E-state index in [1.165, 1.54) is 0 Å². The van der Waals surface area contributed by atoms with Crippen LogP contribution in [0, 0.1) is 0 Å². The smallest absolute Gasteiger partial charge is 0.338 e. The molecule has 0 saturated heterocycles. The summed E-state index contributed by atoms with van der Waals surface area (Å²) in [6, 6.07) is 17.9. The van der Waals surface area contributed by atoms with Crippen molar-refractivity contribution in [2.45, 2.75) is 6.92 Å². The monoisotopic (exact) mass is 349 g/mol. The minimum absolute atomic E-state index is 0.295. The average molecular weight is 349 g/mol. The van der Waals surface area contributed by atoms with Gasteiger partial charge in [-0.2, -0.15) is 0 Å². The Bertz CT molecular complexity index is 965. The van der Waals surface area contributed by atoms with Crippen molar-refractivity contribution in [2.24, 2.45) is 0 Å². The minimum atomic E-state index is -0.424. The van der Waals surface area contributed by atoms with Crippen molar-refractivity contribution >= 4 is 28.3 Å². The summed E-state index contributed by atoms with van der Waals surface area (Å²) in [5, 5.41) is 4.66. The number of carbonyl (C=O) groups excluding carboxylic acids is 2. The van der Waals surface area contributed by atoms with Crippen LogP contribution in [0.1, 0.15) is 27.6 Å². The molecule has 0 atom stereocenters. The average Bonchev–Trinajstić information content (AvgIpc) is 2.67. The lowest BCUT2D eigenvalue weighted by Gasteiger charge is -2.12. The van der Waals surface area contributed by atoms with Crippen molar-refractivity contribution in [3.05, 3.63) is 71.8 Å². The molecule has 3 aromatic carbocycles. The topological polar surface area (TPSA) is 64.6 Å². The largest absolute Gasteiger partial charge is 0.495 e. The van der Waals surface area contributed by atoms with Crippen LogP contribution in [0.15, 0.2) is 60.7 Å². The highest BCUT2D eigenvalue weighted by molar-refractivity contribution is 6.10. The summed E-state index contributed by atoms with van der Waals surface area (Å²) in [6.45, 7) is 2.04. The van der Waals surface area contributed by atoms with Crippen LogP contribution in [-0.4, -0.2) is 25.6 Å². The van der Waals surface area contributed by atoms with Gasteiger partial charge >= 0.3 is 5.97 Å². The normalized spacial score (nSPS) is 10.4. The molecule has 5 nitrogen and oxygen atoms in total. The Labute approximate surface area is 151 Å². The molecular weight excluding hydrogens is 330 g/mol. The van der Waals surface area contributed by atoms with Crippen molar-refractivity contribution in [3.8, 4) is 5.75 Å². The number of nitrogens with one attached hydrogen (secondary N) is 1. The molecule has 0 aromatic heterocycles. The molecule has 1 amide bonds. The molecule has 26 heavy (non-hydrogen) atoms. The SMILES string of the molecule is CCOC(=O)c1cccc(NC(=O)c2ccc3ccccc3c2OC)c1. The lowest BCUT2D eigenvalue weighted by molar-refractivity contribution is 0.0526. The van der Waals surface area contributed by atoms with Crippen LogP contribution in [0.3, 0.4) is 0 Å². The molecule has 132 valence electrons. The van der Waals surface area contributed by atoms with Crippen molar-refractivity contribution < 1.29 is 19.1 Å². The molecule has 0 heterocycles. The quantitative estimate of drug-likeness (QED) is 0.698. The second-order valence-corrected chi connectivity index (χ2v) is 5.62. The van der Waals surface area contributed by atoms with Crippen LogP contribution in [0.2, 0.25) is 0 Å². The van der Waals surface area contributed by atoms with Gasteiger partial charge in [-0.15, -0.1) is 0 Å². The highest BCUT2D eigenvalue weighted by atomic mass is 16.5. The summed E-state index contributed by atoms with van der Waals surface area (Å²) in [5.41, 5.74) is 1.32. The van der Waals surface area contributed by atoms with Crippen LogP contribution in [-0.2, 0) is 4.74 Å². The first-order valence-corrected chi connectivity index (χ1v) is 8.28. The Balaban J connectivity index is 1.90. The van der Waals surface area contributed by atoms with Crippen molar-refractivity contribution in [1.82, 2.24) is 0 Å². The van der Waals surface area contributed by atoms with Crippen LogP contribution in [0.5, 0.6) is 5.75 Å². The highest BCUT2D eigenvalue weighted by Gasteiger charge is 2.16. The number of fused-ring (bicyclic) bond motifs is 1. The van der Waals surface area contributed by atoms with Gasteiger partial charge in [0.1, 0.15) is 5.75 Å². The van der Waals surface area contributed by atoms with Crippen molar-refractivity contribution in [3.63, 3.8) is 0 Å². The number of hydrogen-bond donors (Lipinski definition) is 1. The van der Waals surface area contributed by atoms with Crippen LogP contribution in [0.4, 0.5) is 5.69 Å². The van der Waals surface area contributed by atoms with Crippen LogP contribution >= 0.6 is 0 Å². The summed E-state index contributed by atoms with van der Waals surface area (Å²) in [5.74, 6) is -0.220. The number of hydrogen-bond acceptors (Lipinski definition) is 4. The van der Waals surface area contributed by atoms with E-state index < -0.39 is 5.97 Å². The first-order chi connectivity index (χ1) is 12.6. The fourth-order valence-corrected chi connectivity index (χ4v) is 2.78. The second-order valence-electron chi connectivity index (χ2n) is 5.62. The first kappa shape index (κ1) is 17.5. The van der Waals surface area contributed by atoms with E-state index >= 15 is 0 Å². The predicted octanol–water partition coefficient (Wildman–Crippen LogP) is 4.28. The molecule has 0 unspecified atom stereocenters. The number of rotatable bonds is 5. The predicted molar refractivity (Wildman–Crippen MR) is 101 cm³/mol. The maximum Gasteiger partial charge on any atom is 0.338 e. The summed E-state index contributed by atoms with van der Waals surface area (Å²) in [4.78, 5) is 24.6. The third-order valence-corrected chi connectivity index (χ3v) is 3.96. The van der Waals surface area contributed by atoms with Crippen molar-refractivity contribution in [2.75, 3.05) is 19.0 Å². The van der Waals surface area contributed by atoms with E-state index in [1.54, 1.807) is 44.4 Å². The Morgan fingerprint density at radius 3 is 2.58 bits per heavy atom. The van der Waals surface area contributed by atoms with E-state index in [-0.39, 0.29) is 5.91 Å². The number of benzene rings is 3. The Hall–Kier alpha value is -3.34. The van der Waals surface area contributed by atoms with E-state index in [0.717, 1.165) is 10.8 Å². The molecule has 0 aliphatic carbocycles. The number of carbonyl (C=O) groups is 2. The Morgan fingerprint density at radius 2 is 1.81 bits per heavy atom. The zero-order valence-corrected chi connectivity index (χ0v) is 14.6. The summed E-state index contributed by atoms with van der Waals surface area (Å²) in [6.07, 6.45) is 0. The number of methoxy groups -OCH3 is 1.